The molecule has 1 aliphatic heterocycles. The van der Waals surface area contributed by atoms with Crippen molar-refractivity contribution in [3.05, 3.63) is 88.6 Å². The maximum absolute atomic E-state index is 13.1. The van der Waals surface area contributed by atoms with Crippen molar-refractivity contribution in [2.45, 2.75) is 25.4 Å². The van der Waals surface area contributed by atoms with Crippen LogP contribution in [0.1, 0.15) is 33.9 Å². The Morgan fingerprint density at radius 1 is 1.15 bits per heavy atom. The molecule has 2 heterocycles. The summed E-state index contributed by atoms with van der Waals surface area (Å²) in [6.45, 7) is 0.219. The first-order valence-corrected chi connectivity index (χ1v) is 10.2. The zero-order valence-electron chi connectivity index (χ0n) is 17.0. The van der Waals surface area contributed by atoms with E-state index in [0.29, 0.717) is 16.1 Å². The molecule has 4 rings (SSSR count). The van der Waals surface area contributed by atoms with Gasteiger partial charge in [-0.3, -0.25) is 9.59 Å². The minimum atomic E-state index is -4.87. The molecule has 170 valence electrons. The molecule has 1 aromatic heterocycles. The maximum Gasteiger partial charge on any atom is 0.573 e. The lowest BCUT2D eigenvalue weighted by Gasteiger charge is -2.28. The van der Waals surface area contributed by atoms with E-state index in [0.717, 1.165) is 11.6 Å². The van der Waals surface area contributed by atoms with E-state index in [2.05, 4.69) is 15.0 Å². The van der Waals surface area contributed by atoms with Crippen LogP contribution in [0.2, 0.25) is 5.02 Å². The average molecular weight is 476 g/mol. The Balaban J connectivity index is 1.63. The molecule has 1 N–H and O–H groups in total. The van der Waals surface area contributed by atoms with Crippen molar-refractivity contribution in [1.82, 2.24) is 9.88 Å². The molecule has 6 nitrogen and oxygen atoms in total. The largest absolute Gasteiger partial charge is 0.573 e. The molecule has 0 saturated carbocycles. The number of hydrogen-bond donors (Lipinski definition) is 1. The lowest BCUT2D eigenvalue weighted by atomic mass is 10.0. The Labute approximate surface area is 191 Å². The lowest BCUT2D eigenvalue weighted by molar-refractivity contribution is -0.274. The Morgan fingerprint density at radius 2 is 1.94 bits per heavy atom. The number of pyridine rings is 1. The molecule has 0 spiro atoms. The minimum Gasteiger partial charge on any atom is -0.406 e. The summed E-state index contributed by atoms with van der Waals surface area (Å²) < 4.78 is 42.2. The van der Waals surface area contributed by atoms with Crippen LogP contribution in [0.5, 0.6) is 5.75 Å². The zero-order chi connectivity index (χ0) is 23.6. The van der Waals surface area contributed by atoms with Gasteiger partial charge in [0.25, 0.3) is 5.91 Å². The van der Waals surface area contributed by atoms with Gasteiger partial charge in [0.15, 0.2) is 0 Å². The fourth-order valence-electron chi connectivity index (χ4n) is 3.67. The summed E-state index contributed by atoms with van der Waals surface area (Å²) in [7, 11) is 0. The summed E-state index contributed by atoms with van der Waals surface area (Å²) in [4.78, 5) is 31.3. The van der Waals surface area contributed by atoms with Gasteiger partial charge in [-0.1, -0.05) is 41.9 Å². The van der Waals surface area contributed by atoms with Crippen LogP contribution in [0.4, 0.5) is 19.0 Å². The number of hydrogen-bond acceptors (Lipinski definition) is 4. The number of alkyl halides is 3. The van der Waals surface area contributed by atoms with Crippen molar-refractivity contribution in [3.8, 4) is 5.75 Å². The standard InChI is InChI=1S/C23H17ClF3N3O3/c24-16-8-9-20(28-12-16)29-21(31)11-19(14-5-3-6-17(10-14)33-23(25,26)27)30-13-15-4-1-2-7-18(15)22(30)32/h1-10,12,19H,11,13H2,(H,28,29,31). The summed E-state index contributed by atoms with van der Waals surface area (Å²) in [5.74, 6) is -0.960. The van der Waals surface area contributed by atoms with Crippen LogP contribution in [0, 0.1) is 0 Å². The second kappa shape index (κ2) is 9.11. The first-order valence-electron chi connectivity index (χ1n) is 9.85. The maximum atomic E-state index is 13.1. The molecular weight excluding hydrogens is 459 g/mol. The number of nitrogens with zero attached hydrogens (tertiary/aromatic N) is 2. The number of halogens is 4. The van der Waals surface area contributed by atoms with E-state index in [1.54, 1.807) is 36.4 Å². The topological polar surface area (TPSA) is 71.5 Å². The number of aromatic nitrogens is 1. The third kappa shape index (κ3) is 5.43. The van der Waals surface area contributed by atoms with Crippen LogP contribution < -0.4 is 10.1 Å². The van der Waals surface area contributed by atoms with Gasteiger partial charge in [-0.25, -0.2) is 4.98 Å². The summed E-state index contributed by atoms with van der Waals surface area (Å²) >= 11 is 5.81. The summed E-state index contributed by atoms with van der Waals surface area (Å²) in [6, 6.07) is 14.5. The van der Waals surface area contributed by atoms with Crippen molar-refractivity contribution >= 4 is 29.2 Å². The van der Waals surface area contributed by atoms with E-state index >= 15 is 0 Å². The molecule has 0 saturated heterocycles. The van der Waals surface area contributed by atoms with Gasteiger partial charge in [-0.05, 0) is 41.5 Å². The second-order valence-corrected chi connectivity index (χ2v) is 7.78. The smallest absolute Gasteiger partial charge is 0.406 e. The molecule has 2 aromatic carbocycles. The van der Waals surface area contributed by atoms with E-state index in [-0.39, 0.29) is 24.7 Å². The van der Waals surface area contributed by atoms with Gasteiger partial charge in [0.05, 0.1) is 17.5 Å². The number of nitrogens with one attached hydrogen (secondary N) is 1. The molecule has 1 unspecified atom stereocenters. The Hall–Kier alpha value is -3.59. The van der Waals surface area contributed by atoms with Crippen molar-refractivity contribution in [3.63, 3.8) is 0 Å². The number of ether oxygens (including phenoxy) is 1. The predicted molar refractivity (Wildman–Crippen MR) is 115 cm³/mol. The summed E-state index contributed by atoms with van der Waals surface area (Å²) in [6.07, 6.45) is -3.71. The monoisotopic (exact) mass is 475 g/mol. The molecule has 1 atom stereocenters. The van der Waals surface area contributed by atoms with Gasteiger partial charge in [-0.15, -0.1) is 13.2 Å². The highest BCUT2D eigenvalue weighted by molar-refractivity contribution is 6.30. The third-order valence-electron chi connectivity index (χ3n) is 5.08. The fraction of sp³-hybridized carbons (Fsp3) is 0.174. The Bertz CT molecular complexity index is 1190. The van der Waals surface area contributed by atoms with Gasteiger partial charge in [-0.2, -0.15) is 0 Å². The molecule has 1 aliphatic rings. The van der Waals surface area contributed by atoms with Crippen LogP contribution in [0.3, 0.4) is 0 Å². The molecule has 0 bridgehead atoms. The number of anilines is 1. The highest BCUT2D eigenvalue weighted by Gasteiger charge is 2.35. The zero-order valence-corrected chi connectivity index (χ0v) is 17.7. The number of carbonyl (C=O) groups excluding carboxylic acids is 2. The molecule has 10 heteroatoms. The van der Waals surface area contributed by atoms with Crippen LogP contribution in [-0.2, 0) is 11.3 Å². The lowest BCUT2D eigenvalue weighted by Crippen LogP contribution is -2.32. The Morgan fingerprint density at radius 3 is 2.64 bits per heavy atom. The molecule has 2 amide bonds. The van der Waals surface area contributed by atoms with Crippen LogP contribution in [0.15, 0.2) is 66.9 Å². The average Bonchev–Trinajstić information content (AvgIpc) is 3.09. The van der Waals surface area contributed by atoms with E-state index in [9.17, 15) is 22.8 Å². The molecule has 3 aromatic rings. The summed E-state index contributed by atoms with van der Waals surface area (Å²) in [5.41, 5.74) is 1.59. The third-order valence-corrected chi connectivity index (χ3v) is 5.30. The van der Waals surface area contributed by atoms with Crippen molar-refractivity contribution < 1.29 is 27.5 Å². The molecule has 0 fully saturated rings. The number of benzene rings is 2. The van der Waals surface area contributed by atoms with Gasteiger partial charge in [0.2, 0.25) is 5.91 Å². The quantitative estimate of drug-likeness (QED) is 0.521. The molecule has 0 radical (unpaired) electrons. The van der Waals surface area contributed by atoms with Crippen molar-refractivity contribution in [1.29, 1.82) is 0 Å². The first-order chi connectivity index (χ1) is 15.7. The fourth-order valence-corrected chi connectivity index (χ4v) is 3.79. The van der Waals surface area contributed by atoms with Crippen LogP contribution >= 0.6 is 11.6 Å². The molecule has 33 heavy (non-hydrogen) atoms. The number of rotatable bonds is 6. The molecule has 0 aliphatic carbocycles. The van der Waals surface area contributed by atoms with Crippen molar-refractivity contribution in [2.75, 3.05) is 5.32 Å². The van der Waals surface area contributed by atoms with E-state index in [1.165, 1.54) is 29.3 Å². The van der Waals surface area contributed by atoms with E-state index in [1.807, 2.05) is 0 Å². The van der Waals surface area contributed by atoms with Gasteiger partial charge >= 0.3 is 6.36 Å². The number of carbonyl (C=O) groups is 2. The number of fused-ring (bicyclic) bond motifs is 1. The SMILES string of the molecule is O=C(CC(c1cccc(OC(F)(F)F)c1)N1Cc2ccccc2C1=O)Nc1ccc(Cl)cn1. The Kier molecular flexibility index (Phi) is 6.24. The second-order valence-electron chi connectivity index (χ2n) is 7.34. The minimum absolute atomic E-state index is 0.209. The van der Waals surface area contributed by atoms with Gasteiger partial charge in [0.1, 0.15) is 11.6 Å². The highest BCUT2D eigenvalue weighted by Crippen LogP contribution is 2.35. The van der Waals surface area contributed by atoms with E-state index < -0.39 is 24.1 Å². The highest BCUT2D eigenvalue weighted by atomic mass is 35.5. The predicted octanol–water partition coefficient (Wildman–Crippen LogP) is 5.36. The van der Waals surface area contributed by atoms with Crippen molar-refractivity contribution in [2.24, 2.45) is 0 Å². The van der Waals surface area contributed by atoms with E-state index in [4.69, 9.17) is 11.6 Å². The van der Waals surface area contributed by atoms with Gasteiger partial charge < -0.3 is 15.0 Å². The molecular formula is C23H17ClF3N3O3. The summed E-state index contributed by atoms with van der Waals surface area (Å²) in [5, 5.41) is 3.02. The number of amides is 2. The van der Waals surface area contributed by atoms with Crippen LogP contribution in [-0.4, -0.2) is 28.1 Å². The van der Waals surface area contributed by atoms with Gasteiger partial charge in [0, 0.05) is 18.3 Å². The first kappa shape index (κ1) is 22.6. The normalized spacial score (nSPS) is 14.1. The van der Waals surface area contributed by atoms with Crippen LogP contribution in [0.25, 0.3) is 0 Å².